The number of nitrogens with one attached hydrogen (secondary N) is 1. The Bertz CT molecular complexity index is 624. The first-order chi connectivity index (χ1) is 10.7. The highest BCUT2D eigenvalue weighted by atomic mass is 15.3. The molecule has 1 fully saturated rings. The van der Waals surface area contributed by atoms with Crippen molar-refractivity contribution in [2.24, 2.45) is 7.05 Å². The lowest BCUT2D eigenvalue weighted by atomic mass is 9.99. The van der Waals surface area contributed by atoms with E-state index in [0.717, 1.165) is 6.54 Å². The van der Waals surface area contributed by atoms with E-state index in [0.29, 0.717) is 6.04 Å². The van der Waals surface area contributed by atoms with E-state index in [1.807, 2.05) is 17.9 Å². The Balaban J connectivity index is 1.81. The van der Waals surface area contributed by atoms with Crippen LogP contribution in [0.3, 0.4) is 0 Å². The second kappa shape index (κ2) is 6.63. The number of benzene rings is 1. The lowest BCUT2D eigenvalue weighted by Gasteiger charge is -2.32. The van der Waals surface area contributed by atoms with E-state index in [9.17, 15) is 0 Å². The molecule has 22 heavy (non-hydrogen) atoms. The molecule has 4 nitrogen and oxygen atoms in total. The smallest absolute Gasteiger partial charge is 0.0682 e. The van der Waals surface area contributed by atoms with Gasteiger partial charge in [0.15, 0.2) is 0 Å². The molecule has 2 aromatic rings. The maximum Gasteiger partial charge on any atom is 0.0682 e. The van der Waals surface area contributed by atoms with Crippen molar-refractivity contribution in [1.29, 1.82) is 0 Å². The van der Waals surface area contributed by atoms with Gasteiger partial charge in [-0.2, -0.15) is 5.10 Å². The third-order valence-electron chi connectivity index (χ3n) is 4.75. The first-order valence-corrected chi connectivity index (χ1v) is 8.15. The van der Waals surface area contributed by atoms with Crippen molar-refractivity contribution >= 4 is 0 Å². The monoisotopic (exact) mass is 298 g/mol. The fraction of sp³-hybridized carbons (Fsp3) is 0.500. The van der Waals surface area contributed by atoms with Gasteiger partial charge in [-0.05, 0) is 57.6 Å². The van der Waals surface area contributed by atoms with E-state index in [-0.39, 0.29) is 0 Å². The van der Waals surface area contributed by atoms with Gasteiger partial charge in [0.25, 0.3) is 0 Å². The normalized spacial score (nSPS) is 17.0. The van der Waals surface area contributed by atoms with Crippen molar-refractivity contribution in [2.45, 2.75) is 32.4 Å². The molecular weight excluding hydrogens is 272 g/mol. The summed E-state index contributed by atoms with van der Waals surface area (Å²) in [5.41, 5.74) is 5.21. The van der Waals surface area contributed by atoms with Crippen molar-refractivity contribution < 1.29 is 0 Å². The van der Waals surface area contributed by atoms with Gasteiger partial charge in [0.1, 0.15) is 0 Å². The molecule has 1 aromatic heterocycles. The lowest BCUT2D eigenvalue weighted by Crippen LogP contribution is -2.40. The number of aromatic nitrogens is 2. The number of nitrogens with zero attached hydrogens (tertiary/aromatic N) is 3. The summed E-state index contributed by atoms with van der Waals surface area (Å²) in [6.07, 6.45) is 4.35. The van der Waals surface area contributed by atoms with Gasteiger partial charge in [-0.25, -0.2) is 0 Å². The SMILES string of the molecule is CNC1CCN(Cc2ccc(C)cc2-c2ccnn2C)CC1. The zero-order chi connectivity index (χ0) is 15.5. The average Bonchev–Trinajstić information content (AvgIpc) is 2.96. The topological polar surface area (TPSA) is 33.1 Å². The van der Waals surface area contributed by atoms with E-state index in [2.05, 4.69) is 53.6 Å². The summed E-state index contributed by atoms with van der Waals surface area (Å²) in [7, 11) is 4.08. The van der Waals surface area contributed by atoms with Crippen molar-refractivity contribution in [3.63, 3.8) is 0 Å². The van der Waals surface area contributed by atoms with Crippen LogP contribution in [0.1, 0.15) is 24.0 Å². The molecule has 0 unspecified atom stereocenters. The summed E-state index contributed by atoms with van der Waals surface area (Å²) in [5, 5.41) is 7.73. The van der Waals surface area contributed by atoms with Crippen LogP contribution in [0.4, 0.5) is 0 Å². The van der Waals surface area contributed by atoms with E-state index >= 15 is 0 Å². The number of piperidine rings is 1. The molecule has 118 valence electrons. The largest absolute Gasteiger partial charge is 0.317 e. The summed E-state index contributed by atoms with van der Waals surface area (Å²) in [6.45, 7) is 5.52. The lowest BCUT2D eigenvalue weighted by molar-refractivity contribution is 0.195. The molecule has 0 bridgehead atoms. The minimum absolute atomic E-state index is 0.686. The Morgan fingerprint density at radius 3 is 2.64 bits per heavy atom. The van der Waals surface area contributed by atoms with Crippen LogP contribution >= 0.6 is 0 Å². The first-order valence-electron chi connectivity index (χ1n) is 8.15. The van der Waals surface area contributed by atoms with E-state index in [1.54, 1.807) is 0 Å². The van der Waals surface area contributed by atoms with Crippen LogP contribution in [-0.2, 0) is 13.6 Å². The molecular formula is C18H26N4. The van der Waals surface area contributed by atoms with Gasteiger partial charge in [-0.1, -0.05) is 17.7 Å². The molecule has 0 spiro atoms. The van der Waals surface area contributed by atoms with Gasteiger partial charge in [0, 0.05) is 31.4 Å². The predicted octanol–water partition coefficient (Wildman–Crippen LogP) is 2.58. The molecule has 0 aliphatic carbocycles. The Hall–Kier alpha value is -1.65. The van der Waals surface area contributed by atoms with Gasteiger partial charge in [0.2, 0.25) is 0 Å². The Kier molecular flexibility index (Phi) is 4.60. The third kappa shape index (κ3) is 3.23. The minimum atomic E-state index is 0.686. The number of rotatable bonds is 4. The Morgan fingerprint density at radius 1 is 1.23 bits per heavy atom. The van der Waals surface area contributed by atoms with Crippen LogP contribution in [-0.4, -0.2) is 40.9 Å². The number of hydrogen-bond donors (Lipinski definition) is 1. The molecule has 0 radical (unpaired) electrons. The number of aryl methyl sites for hydroxylation is 2. The summed E-state index contributed by atoms with van der Waals surface area (Å²) in [6, 6.07) is 9.57. The minimum Gasteiger partial charge on any atom is -0.317 e. The molecule has 3 rings (SSSR count). The summed E-state index contributed by atoms with van der Waals surface area (Å²) in [4.78, 5) is 2.57. The molecule has 1 N–H and O–H groups in total. The molecule has 0 amide bonds. The zero-order valence-electron chi connectivity index (χ0n) is 13.8. The van der Waals surface area contributed by atoms with Gasteiger partial charge in [-0.3, -0.25) is 9.58 Å². The summed E-state index contributed by atoms with van der Waals surface area (Å²) in [5.74, 6) is 0. The highest BCUT2D eigenvalue weighted by Gasteiger charge is 2.19. The highest BCUT2D eigenvalue weighted by molar-refractivity contribution is 5.64. The number of likely N-dealkylation sites (tertiary alicyclic amines) is 1. The summed E-state index contributed by atoms with van der Waals surface area (Å²) >= 11 is 0. The highest BCUT2D eigenvalue weighted by Crippen LogP contribution is 2.26. The Labute approximate surface area is 133 Å². The molecule has 1 aliphatic rings. The maximum atomic E-state index is 4.33. The van der Waals surface area contributed by atoms with Gasteiger partial charge < -0.3 is 5.32 Å². The fourth-order valence-electron chi connectivity index (χ4n) is 3.33. The first kappa shape index (κ1) is 15.3. The molecule has 2 heterocycles. The molecule has 4 heteroatoms. The van der Waals surface area contributed by atoms with Gasteiger partial charge in [0.05, 0.1) is 5.69 Å². The predicted molar refractivity (Wildman–Crippen MR) is 90.7 cm³/mol. The van der Waals surface area contributed by atoms with Crippen LogP contribution in [0.15, 0.2) is 30.5 Å². The van der Waals surface area contributed by atoms with Crippen LogP contribution in [0.5, 0.6) is 0 Å². The van der Waals surface area contributed by atoms with Crippen LogP contribution in [0.25, 0.3) is 11.3 Å². The van der Waals surface area contributed by atoms with Crippen LogP contribution < -0.4 is 5.32 Å². The van der Waals surface area contributed by atoms with Crippen molar-refractivity contribution in [3.8, 4) is 11.3 Å². The van der Waals surface area contributed by atoms with Crippen molar-refractivity contribution in [1.82, 2.24) is 20.0 Å². The molecule has 0 saturated carbocycles. The van der Waals surface area contributed by atoms with Crippen LogP contribution in [0.2, 0.25) is 0 Å². The number of hydrogen-bond acceptors (Lipinski definition) is 3. The quantitative estimate of drug-likeness (QED) is 0.942. The standard InChI is InChI=1S/C18H26N4/c1-14-4-5-15(13-22-10-7-16(19-2)8-11-22)17(12-14)18-6-9-20-21(18)3/h4-6,9,12,16,19H,7-8,10-11,13H2,1-3H3. The second-order valence-electron chi connectivity index (χ2n) is 6.34. The van der Waals surface area contributed by atoms with Crippen molar-refractivity contribution in [2.75, 3.05) is 20.1 Å². The molecule has 1 saturated heterocycles. The summed E-state index contributed by atoms with van der Waals surface area (Å²) < 4.78 is 1.96. The van der Waals surface area contributed by atoms with Gasteiger partial charge in [-0.15, -0.1) is 0 Å². The van der Waals surface area contributed by atoms with E-state index in [1.165, 1.54) is 48.3 Å². The van der Waals surface area contributed by atoms with Gasteiger partial charge >= 0.3 is 0 Å². The van der Waals surface area contributed by atoms with E-state index < -0.39 is 0 Å². The third-order valence-corrected chi connectivity index (χ3v) is 4.75. The molecule has 1 aromatic carbocycles. The average molecular weight is 298 g/mol. The van der Waals surface area contributed by atoms with E-state index in [4.69, 9.17) is 0 Å². The fourth-order valence-corrected chi connectivity index (χ4v) is 3.33. The second-order valence-corrected chi connectivity index (χ2v) is 6.34. The zero-order valence-corrected chi connectivity index (χ0v) is 13.8. The Morgan fingerprint density at radius 2 is 2.00 bits per heavy atom. The van der Waals surface area contributed by atoms with Crippen molar-refractivity contribution in [3.05, 3.63) is 41.6 Å². The maximum absolute atomic E-state index is 4.33. The molecule has 1 aliphatic heterocycles. The molecule has 0 atom stereocenters. The van der Waals surface area contributed by atoms with Crippen LogP contribution in [0, 0.1) is 6.92 Å².